The van der Waals surface area contributed by atoms with Crippen molar-refractivity contribution in [3.63, 3.8) is 0 Å². The van der Waals surface area contributed by atoms with E-state index in [1.807, 2.05) is 60.9 Å². The van der Waals surface area contributed by atoms with E-state index in [1.165, 1.54) is 11.3 Å². The van der Waals surface area contributed by atoms with Crippen LogP contribution in [-0.2, 0) is 9.53 Å². The molecule has 0 amide bonds. The van der Waals surface area contributed by atoms with E-state index in [0.29, 0.717) is 26.4 Å². The normalized spacial score (nSPS) is 15.8. The van der Waals surface area contributed by atoms with Crippen LogP contribution in [0.25, 0.3) is 6.08 Å². The van der Waals surface area contributed by atoms with Crippen molar-refractivity contribution in [1.29, 1.82) is 0 Å². The molecule has 3 aromatic rings. The number of aromatic nitrogens is 1. The van der Waals surface area contributed by atoms with Gasteiger partial charge in [-0.25, -0.2) is 9.79 Å². The number of esters is 1. The predicted molar refractivity (Wildman–Crippen MR) is 132 cm³/mol. The quantitative estimate of drug-likeness (QED) is 0.399. The number of thiazole rings is 1. The van der Waals surface area contributed by atoms with E-state index in [2.05, 4.69) is 4.99 Å². The van der Waals surface area contributed by atoms with E-state index in [4.69, 9.17) is 9.47 Å². The molecule has 0 radical (unpaired) electrons. The summed E-state index contributed by atoms with van der Waals surface area (Å²) >= 11 is 2.94. The van der Waals surface area contributed by atoms with Crippen LogP contribution >= 0.6 is 23.1 Å². The molecule has 1 aromatic heterocycles. The monoisotopic (exact) mass is 480 g/mol. The maximum absolute atomic E-state index is 13.6. The Morgan fingerprint density at radius 3 is 2.67 bits per heavy atom. The maximum atomic E-state index is 13.6. The van der Waals surface area contributed by atoms with Gasteiger partial charge in [-0.05, 0) is 61.6 Å². The second-order valence-corrected chi connectivity index (χ2v) is 9.24. The van der Waals surface area contributed by atoms with Crippen LogP contribution in [0.15, 0.2) is 74.5 Å². The minimum Gasteiger partial charge on any atom is -0.497 e. The number of allylic oxidation sites excluding steroid dienone is 1. The van der Waals surface area contributed by atoms with Gasteiger partial charge in [0.15, 0.2) is 4.80 Å². The van der Waals surface area contributed by atoms with Crippen molar-refractivity contribution in [3.05, 3.63) is 90.6 Å². The van der Waals surface area contributed by atoms with Gasteiger partial charge >= 0.3 is 5.97 Å². The highest BCUT2D eigenvalue weighted by Gasteiger charge is 2.33. The van der Waals surface area contributed by atoms with Gasteiger partial charge in [-0.15, -0.1) is 11.8 Å². The molecule has 0 saturated heterocycles. The van der Waals surface area contributed by atoms with Crippen LogP contribution in [0, 0.1) is 0 Å². The summed E-state index contributed by atoms with van der Waals surface area (Å²) in [7, 11) is 1.61. The number of rotatable bonds is 6. The third kappa shape index (κ3) is 4.54. The molecule has 1 unspecified atom stereocenters. The Bertz CT molecular complexity index is 1400. The topological polar surface area (TPSA) is 69.9 Å². The van der Waals surface area contributed by atoms with Gasteiger partial charge in [0.2, 0.25) is 0 Å². The summed E-state index contributed by atoms with van der Waals surface area (Å²) < 4.78 is 12.8. The first-order chi connectivity index (χ1) is 16.0. The molecular weight excluding hydrogens is 456 g/mol. The van der Waals surface area contributed by atoms with E-state index in [-0.39, 0.29) is 12.2 Å². The molecule has 0 fully saturated rings. The molecule has 2 heterocycles. The number of thioether (sulfide) groups is 1. The fraction of sp³-hybridized carbons (Fsp3) is 0.240. The number of hydrogen-bond donors (Lipinski definition) is 0. The summed E-state index contributed by atoms with van der Waals surface area (Å²) in [5.41, 5.74) is 2.42. The van der Waals surface area contributed by atoms with Crippen LogP contribution in [0.2, 0.25) is 0 Å². The summed E-state index contributed by atoms with van der Waals surface area (Å²) in [6, 6.07) is 14.8. The number of ether oxygens (including phenoxy) is 2. The number of methoxy groups -OCH3 is 1. The average Bonchev–Trinajstić information content (AvgIpc) is 3.12. The van der Waals surface area contributed by atoms with Crippen LogP contribution in [0.3, 0.4) is 0 Å². The van der Waals surface area contributed by atoms with Gasteiger partial charge < -0.3 is 9.47 Å². The molecule has 4 rings (SSSR count). The Hall–Kier alpha value is -3.10. The van der Waals surface area contributed by atoms with E-state index in [1.54, 1.807) is 37.3 Å². The molecule has 0 aliphatic carbocycles. The van der Waals surface area contributed by atoms with Crippen molar-refractivity contribution in [3.8, 4) is 5.75 Å². The standard InChI is InChI=1S/C25H24N2O4S2/c1-5-31-24(29)21-15(2)26-25-27(22(21)17-9-11-19(32-4)12-10-17)23(28)20(33-25)14-16-7-6-8-18(13-16)30-3/h6-14,22H,5H2,1-4H3/b20-14+. The summed E-state index contributed by atoms with van der Waals surface area (Å²) in [6.07, 6.45) is 3.83. The largest absolute Gasteiger partial charge is 0.497 e. The second-order valence-electron chi connectivity index (χ2n) is 7.35. The lowest BCUT2D eigenvalue weighted by Gasteiger charge is -2.24. The number of nitrogens with zero attached hydrogens (tertiary/aromatic N) is 2. The Morgan fingerprint density at radius 1 is 1.24 bits per heavy atom. The minimum absolute atomic E-state index is 0.199. The molecule has 1 aliphatic rings. The second kappa shape index (κ2) is 9.80. The zero-order chi connectivity index (χ0) is 23.5. The first kappa shape index (κ1) is 23.1. The molecule has 8 heteroatoms. The lowest BCUT2D eigenvalue weighted by atomic mass is 9.96. The summed E-state index contributed by atoms with van der Waals surface area (Å²) in [5.74, 6) is 0.253. The van der Waals surface area contributed by atoms with Crippen LogP contribution in [-0.4, -0.2) is 30.5 Å². The summed E-state index contributed by atoms with van der Waals surface area (Å²) in [4.78, 5) is 32.8. The first-order valence-electron chi connectivity index (χ1n) is 10.4. The van der Waals surface area contributed by atoms with Gasteiger partial charge in [-0.3, -0.25) is 9.36 Å². The predicted octanol–water partition coefficient (Wildman–Crippen LogP) is 3.53. The third-order valence-corrected chi connectivity index (χ3v) is 7.07. The van der Waals surface area contributed by atoms with Crippen LogP contribution < -0.4 is 19.6 Å². The van der Waals surface area contributed by atoms with Gasteiger partial charge in [0, 0.05) is 4.90 Å². The fourth-order valence-corrected chi connectivity index (χ4v) is 5.23. The molecule has 170 valence electrons. The van der Waals surface area contributed by atoms with E-state index >= 15 is 0 Å². The van der Waals surface area contributed by atoms with E-state index in [9.17, 15) is 9.59 Å². The molecule has 1 atom stereocenters. The molecule has 2 aromatic carbocycles. The first-order valence-corrected chi connectivity index (χ1v) is 12.5. The van der Waals surface area contributed by atoms with Crippen LogP contribution in [0.1, 0.15) is 31.0 Å². The molecule has 0 spiro atoms. The van der Waals surface area contributed by atoms with Crippen LogP contribution in [0.4, 0.5) is 0 Å². The Labute approximate surface area is 199 Å². The maximum Gasteiger partial charge on any atom is 0.338 e. The highest BCUT2D eigenvalue weighted by molar-refractivity contribution is 7.98. The SMILES string of the molecule is CCOC(=O)C1=C(C)N=c2s/c(=C/c3cccc(OC)c3)c(=O)n2C1c1ccc(SC)cc1. The van der Waals surface area contributed by atoms with E-state index in [0.717, 1.165) is 16.0 Å². The van der Waals surface area contributed by atoms with Gasteiger partial charge in [-0.2, -0.15) is 0 Å². The molecular formula is C25H24N2O4S2. The molecule has 0 bridgehead atoms. The summed E-state index contributed by atoms with van der Waals surface area (Å²) in [5, 5.41) is 0. The lowest BCUT2D eigenvalue weighted by Crippen LogP contribution is -2.39. The molecule has 6 nitrogen and oxygen atoms in total. The van der Waals surface area contributed by atoms with Crippen LogP contribution in [0.5, 0.6) is 5.75 Å². The number of benzene rings is 2. The molecule has 33 heavy (non-hydrogen) atoms. The van der Waals surface area contributed by atoms with Gasteiger partial charge in [0.25, 0.3) is 5.56 Å². The average molecular weight is 481 g/mol. The Balaban J connectivity index is 1.93. The smallest absolute Gasteiger partial charge is 0.338 e. The Kier molecular flexibility index (Phi) is 6.85. The van der Waals surface area contributed by atoms with Crippen molar-refractivity contribution in [2.45, 2.75) is 24.8 Å². The molecule has 1 aliphatic heterocycles. The van der Waals surface area contributed by atoms with Crippen molar-refractivity contribution >= 4 is 35.1 Å². The zero-order valence-electron chi connectivity index (χ0n) is 18.8. The lowest BCUT2D eigenvalue weighted by molar-refractivity contribution is -0.139. The highest BCUT2D eigenvalue weighted by atomic mass is 32.2. The van der Waals surface area contributed by atoms with Gasteiger partial charge in [-0.1, -0.05) is 35.6 Å². The summed E-state index contributed by atoms with van der Waals surface area (Å²) in [6.45, 7) is 3.79. The fourth-order valence-electron chi connectivity index (χ4n) is 3.78. The Morgan fingerprint density at radius 2 is 2.00 bits per heavy atom. The highest BCUT2D eigenvalue weighted by Crippen LogP contribution is 2.31. The number of hydrogen-bond acceptors (Lipinski definition) is 7. The minimum atomic E-state index is -0.608. The number of carbonyl (C=O) groups is 1. The number of carbonyl (C=O) groups excluding carboxylic acids is 1. The van der Waals surface area contributed by atoms with Crippen molar-refractivity contribution in [2.24, 2.45) is 4.99 Å². The third-order valence-electron chi connectivity index (χ3n) is 5.34. The molecule has 0 N–H and O–H groups in total. The van der Waals surface area contributed by atoms with Crippen molar-refractivity contribution < 1.29 is 14.3 Å². The zero-order valence-corrected chi connectivity index (χ0v) is 20.5. The van der Waals surface area contributed by atoms with Crippen molar-refractivity contribution in [1.82, 2.24) is 4.57 Å². The molecule has 0 saturated carbocycles. The van der Waals surface area contributed by atoms with E-state index < -0.39 is 12.0 Å². The number of fused-ring (bicyclic) bond motifs is 1. The van der Waals surface area contributed by atoms with Crippen molar-refractivity contribution in [2.75, 3.05) is 20.0 Å². The van der Waals surface area contributed by atoms with Gasteiger partial charge in [0.05, 0.1) is 35.6 Å². The van der Waals surface area contributed by atoms with Gasteiger partial charge in [0.1, 0.15) is 5.75 Å².